The van der Waals surface area contributed by atoms with Crippen LogP contribution in [-0.2, 0) is 30.1 Å². The third-order valence-corrected chi connectivity index (χ3v) is 7.05. The Labute approximate surface area is 299 Å². The van der Waals surface area contributed by atoms with Crippen LogP contribution in [0.15, 0.2) is 84.9 Å². The lowest BCUT2D eigenvalue weighted by Gasteiger charge is -2.12. The van der Waals surface area contributed by atoms with Gasteiger partial charge in [-0.1, -0.05) is 48.5 Å². The van der Waals surface area contributed by atoms with E-state index in [1.165, 1.54) is 5.56 Å². The average molecular weight is 704 g/mol. The van der Waals surface area contributed by atoms with Crippen molar-refractivity contribution in [2.75, 3.05) is 109 Å². The standard InChI is InChI=1S/C37H49N7O7/c1-46-24-25-50-29-28-49-23-19-40-36-42-35(39-18-22-48-27-26-47-21-17-38-34(45)31-10-6-3-7-11-31)43-37(44-36)41-32-12-14-33(15-13-32)51-20-16-30-8-4-2-5-9-30/h2-15H,16-29H2,1H3,(H,38,45)(H3,39,40,41,42,43,44). The molecule has 3 aromatic carbocycles. The highest BCUT2D eigenvalue weighted by molar-refractivity contribution is 5.94. The molecule has 14 nitrogen and oxygen atoms in total. The van der Waals surface area contributed by atoms with Gasteiger partial charge in [0.05, 0.1) is 66.1 Å². The van der Waals surface area contributed by atoms with Crippen LogP contribution in [0.3, 0.4) is 0 Å². The van der Waals surface area contributed by atoms with Crippen LogP contribution in [0.2, 0.25) is 0 Å². The van der Waals surface area contributed by atoms with E-state index in [0.29, 0.717) is 109 Å². The summed E-state index contributed by atoms with van der Waals surface area (Å²) in [6.45, 7) is 6.12. The predicted octanol–water partition coefficient (Wildman–Crippen LogP) is 4.20. The number of carbonyl (C=O) groups is 1. The van der Waals surface area contributed by atoms with Crippen molar-refractivity contribution in [2.24, 2.45) is 0 Å². The molecule has 274 valence electrons. The molecular formula is C37H49N7O7. The summed E-state index contributed by atoms with van der Waals surface area (Å²) < 4.78 is 33.2. The lowest BCUT2D eigenvalue weighted by Crippen LogP contribution is -2.27. The number of carbonyl (C=O) groups excluding carboxylic acids is 1. The number of benzene rings is 3. The van der Waals surface area contributed by atoms with Gasteiger partial charge >= 0.3 is 0 Å². The minimum atomic E-state index is -0.123. The third kappa shape index (κ3) is 16.6. The number of rotatable bonds is 27. The summed E-state index contributed by atoms with van der Waals surface area (Å²) in [6.07, 6.45) is 0.833. The van der Waals surface area contributed by atoms with Gasteiger partial charge in [-0.15, -0.1) is 0 Å². The van der Waals surface area contributed by atoms with Crippen LogP contribution < -0.4 is 26.0 Å². The molecule has 0 fully saturated rings. The van der Waals surface area contributed by atoms with E-state index in [-0.39, 0.29) is 5.91 Å². The maximum atomic E-state index is 12.1. The van der Waals surface area contributed by atoms with Crippen molar-refractivity contribution in [3.05, 3.63) is 96.1 Å². The normalized spacial score (nSPS) is 10.8. The zero-order chi connectivity index (χ0) is 35.6. The van der Waals surface area contributed by atoms with Crippen molar-refractivity contribution >= 4 is 29.4 Å². The molecule has 4 rings (SSSR count). The summed E-state index contributed by atoms with van der Waals surface area (Å²) in [5, 5.41) is 12.5. The molecule has 0 unspecified atom stereocenters. The SMILES string of the molecule is COCCOCCOCCNc1nc(NCCOCCOCCNC(=O)c2ccccc2)nc(Nc2ccc(OCCc3ccccc3)cc2)n1. The first-order chi connectivity index (χ1) is 25.2. The summed E-state index contributed by atoms with van der Waals surface area (Å²) in [7, 11) is 1.64. The quantitative estimate of drug-likeness (QED) is 0.0656. The molecule has 51 heavy (non-hydrogen) atoms. The Bertz CT molecular complexity index is 1500. The molecule has 14 heteroatoms. The molecule has 1 aromatic heterocycles. The number of nitrogens with zero attached hydrogens (tertiary/aromatic N) is 3. The van der Waals surface area contributed by atoms with Crippen molar-refractivity contribution < 1.29 is 33.2 Å². The summed E-state index contributed by atoms with van der Waals surface area (Å²) >= 11 is 0. The summed E-state index contributed by atoms with van der Waals surface area (Å²) in [4.78, 5) is 25.7. The van der Waals surface area contributed by atoms with Gasteiger partial charge in [-0.3, -0.25) is 4.79 Å². The molecule has 0 atom stereocenters. The molecule has 0 bridgehead atoms. The van der Waals surface area contributed by atoms with Gasteiger partial charge < -0.3 is 49.7 Å². The fourth-order valence-corrected chi connectivity index (χ4v) is 4.47. The van der Waals surface area contributed by atoms with Gasteiger partial charge in [0.25, 0.3) is 5.91 Å². The first-order valence-corrected chi connectivity index (χ1v) is 17.1. The number of hydrogen-bond acceptors (Lipinski definition) is 13. The number of amides is 1. The van der Waals surface area contributed by atoms with Gasteiger partial charge in [0, 0.05) is 44.4 Å². The smallest absolute Gasteiger partial charge is 0.251 e. The number of aromatic nitrogens is 3. The van der Waals surface area contributed by atoms with Crippen LogP contribution in [-0.4, -0.2) is 114 Å². The van der Waals surface area contributed by atoms with Gasteiger partial charge in [-0.05, 0) is 42.0 Å². The number of hydrogen-bond donors (Lipinski definition) is 4. The summed E-state index contributed by atoms with van der Waals surface area (Å²) in [6, 6.07) is 27.0. The molecule has 0 saturated carbocycles. The van der Waals surface area contributed by atoms with Crippen LogP contribution in [0, 0.1) is 0 Å². The number of ether oxygens (including phenoxy) is 6. The van der Waals surface area contributed by atoms with E-state index in [2.05, 4.69) is 48.4 Å². The van der Waals surface area contributed by atoms with Crippen molar-refractivity contribution in [3.8, 4) is 5.75 Å². The van der Waals surface area contributed by atoms with Crippen molar-refractivity contribution in [1.82, 2.24) is 20.3 Å². The Hall–Kier alpha value is -4.86. The predicted molar refractivity (Wildman–Crippen MR) is 196 cm³/mol. The van der Waals surface area contributed by atoms with E-state index in [1.54, 1.807) is 19.2 Å². The van der Waals surface area contributed by atoms with Gasteiger partial charge in [0.15, 0.2) is 0 Å². The molecule has 4 N–H and O–H groups in total. The Kier molecular flexibility index (Phi) is 18.6. The molecular weight excluding hydrogens is 654 g/mol. The van der Waals surface area contributed by atoms with E-state index in [4.69, 9.17) is 28.4 Å². The molecule has 0 aliphatic heterocycles. The highest BCUT2D eigenvalue weighted by Crippen LogP contribution is 2.20. The molecule has 0 saturated heterocycles. The van der Waals surface area contributed by atoms with Gasteiger partial charge in [-0.2, -0.15) is 15.0 Å². The number of anilines is 4. The molecule has 0 aliphatic carbocycles. The number of nitrogens with one attached hydrogen (secondary N) is 4. The third-order valence-electron chi connectivity index (χ3n) is 7.05. The van der Waals surface area contributed by atoms with Crippen molar-refractivity contribution in [1.29, 1.82) is 0 Å². The Balaban J connectivity index is 1.18. The van der Waals surface area contributed by atoms with E-state index < -0.39 is 0 Å². The maximum Gasteiger partial charge on any atom is 0.251 e. The molecule has 1 amide bonds. The monoisotopic (exact) mass is 703 g/mol. The lowest BCUT2D eigenvalue weighted by atomic mass is 10.2. The van der Waals surface area contributed by atoms with E-state index >= 15 is 0 Å². The highest BCUT2D eigenvalue weighted by atomic mass is 16.5. The fourth-order valence-electron chi connectivity index (χ4n) is 4.47. The lowest BCUT2D eigenvalue weighted by molar-refractivity contribution is 0.0272. The maximum absolute atomic E-state index is 12.1. The molecule has 0 aliphatic rings. The van der Waals surface area contributed by atoms with Crippen molar-refractivity contribution in [2.45, 2.75) is 6.42 Å². The minimum Gasteiger partial charge on any atom is -0.493 e. The molecule has 0 radical (unpaired) electrons. The zero-order valence-corrected chi connectivity index (χ0v) is 29.2. The number of methoxy groups -OCH3 is 1. The topological polar surface area (TPSA) is 159 Å². The van der Waals surface area contributed by atoms with Crippen LogP contribution in [0.25, 0.3) is 0 Å². The Morgan fingerprint density at radius 3 is 1.71 bits per heavy atom. The Morgan fingerprint density at radius 2 is 1.10 bits per heavy atom. The molecule has 1 heterocycles. The summed E-state index contributed by atoms with van der Waals surface area (Å²) in [5.74, 6) is 1.80. The first kappa shape index (κ1) is 38.9. The van der Waals surface area contributed by atoms with Crippen LogP contribution >= 0.6 is 0 Å². The first-order valence-electron chi connectivity index (χ1n) is 17.1. The van der Waals surface area contributed by atoms with E-state index in [9.17, 15) is 4.79 Å². The van der Waals surface area contributed by atoms with Gasteiger partial charge in [0.1, 0.15) is 5.75 Å². The van der Waals surface area contributed by atoms with Crippen molar-refractivity contribution in [3.63, 3.8) is 0 Å². The van der Waals surface area contributed by atoms with Gasteiger partial charge in [-0.25, -0.2) is 0 Å². The largest absolute Gasteiger partial charge is 0.493 e. The average Bonchev–Trinajstić information content (AvgIpc) is 3.16. The zero-order valence-electron chi connectivity index (χ0n) is 29.2. The van der Waals surface area contributed by atoms with E-state index in [0.717, 1.165) is 17.9 Å². The summed E-state index contributed by atoms with van der Waals surface area (Å²) in [5.41, 5.74) is 2.65. The highest BCUT2D eigenvalue weighted by Gasteiger charge is 2.08. The molecule has 4 aromatic rings. The van der Waals surface area contributed by atoms with Crippen LogP contribution in [0.1, 0.15) is 15.9 Å². The second-order valence-corrected chi connectivity index (χ2v) is 11.0. The van der Waals surface area contributed by atoms with Crippen LogP contribution in [0.5, 0.6) is 5.75 Å². The van der Waals surface area contributed by atoms with Crippen LogP contribution in [0.4, 0.5) is 23.5 Å². The Morgan fingerprint density at radius 1 is 0.569 bits per heavy atom. The minimum absolute atomic E-state index is 0.123. The second-order valence-electron chi connectivity index (χ2n) is 11.0. The van der Waals surface area contributed by atoms with Gasteiger partial charge in [0.2, 0.25) is 17.8 Å². The second kappa shape index (κ2) is 24.3. The molecule has 0 spiro atoms. The fraction of sp³-hybridized carbons (Fsp3) is 0.405. The van der Waals surface area contributed by atoms with E-state index in [1.807, 2.05) is 60.7 Å².